The Hall–Kier alpha value is -2.11. The largest absolute Gasteiger partial charge is 0.348 e. The van der Waals surface area contributed by atoms with E-state index in [4.69, 9.17) is 0 Å². The number of thioether (sulfide) groups is 1. The van der Waals surface area contributed by atoms with E-state index >= 15 is 0 Å². The van der Waals surface area contributed by atoms with Crippen molar-refractivity contribution in [3.05, 3.63) is 70.5 Å². The molecule has 0 aliphatic rings. The fourth-order valence-corrected chi connectivity index (χ4v) is 3.82. The Kier molecular flexibility index (Phi) is 5.67. The Bertz CT molecular complexity index is 816. The highest BCUT2D eigenvalue weighted by molar-refractivity contribution is 7.99. The molecule has 0 aliphatic heterocycles. The molecule has 3 aromatic rings. The zero-order valence-electron chi connectivity index (χ0n) is 13.4. The molecule has 1 amide bonds. The summed E-state index contributed by atoms with van der Waals surface area (Å²) >= 11 is 3.33. The molecule has 2 heterocycles. The van der Waals surface area contributed by atoms with Gasteiger partial charge in [0.25, 0.3) is 5.91 Å². The fourth-order valence-electron chi connectivity index (χ4n) is 2.37. The summed E-state index contributed by atoms with van der Waals surface area (Å²) in [6.45, 7) is 2.58. The summed E-state index contributed by atoms with van der Waals surface area (Å²) in [4.78, 5) is 17.9. The first-order chi connectivity index (χ1) is 11.8. The van der Waals surface area contributed by atoms with Crippen LogP contribution in [0.1, 0.15) is 22.8 Å². The van der Waals surface area contributed by atoms with E-state index in [0.717, 1.165) is 33.0 Å². The number of carbonyl (C=O) groups is 1. The van der Waals surface area contributed by atoms with Crippen molar-refractivity contribution in [1.29, 1.82) is 0 Å². The molecule has 0 bridgehead atoms. The zero-order chi connectivity index (χ0) is 16.8. The summed E-state index contributed by atoms with van der Waals surface area (Å²) in [5.41, 5.74) is 3.82. The number of aromatic nitrogens is 1. The van der Waals surface area contributed by atoms with E-state index in [9.17, 15) is 4.79 Å². The maximum Gasteiger partial charge on any atom is 0.252 e. The first-order valence-corrected chi connectivity index (χ1v) is 9.68. The van der Waals surface area contributed by atoms with E-state index < -0.39 is 0 Å². The second-order valence-electron chi connectivity index (χ2n) is 5.17. The number of nitrogens with one attached hydrogen (secondary N) is 1. The summed E-state index contributed by atoms with van der Waals surface area (Å²) in [6, 6.07) is 13.7. The lowest BCUT2D eigenvalue weighted by Crippen LogP contribution is -2.23. The highest BCUT2D eigenvalue weighted by atomic mass is 32.2. The Morgan fingerprint density at radius 1 is 1.25 bits per heavy atom. The van der Waals surface area contributed by atoms with E-state index in [2.05, 4.69) is 22.6 Å². The first kappa shape index (κ1) is 16.7. The van der Waals surface area contributed by atoms with E-state index in [1.165, 1.54) is 0 Å². The van der Waals surface area contributed by atoms with E-state index in [0.29, 0.717) is 6.54 Å². The van der Waals surface area contributed by atoms with Crippen molar-refractivity contribution < 1.29 is 4.79 Å². The lowest BCUT2D eigenvalue weighted by atomic mass is 10.1. The van der Waals surface area contributed by atoms with Crippen LogP contribution in [0.2, 0.25) is 0 Å². The lowest BCUT2D eigenvalue weighted by Gasteiger charge is -2.10. The predicted molar refractivity (Wildman–Crippen MR) is 102 cm³/mol. The molecule has 0 radical (unpaired) electrons. The van der Waals surface area contributed by atoms with Gasteiger partial charge in [0, 0.05) is 28.6 Å². The smallest absolute Gasteiger partial charge is 0.252 e. The number of hydrogen-bond acceptors (Lipinski definition) is 4. The van der Waals surface area contributed by atoms with Gasteiger partial charge in [-0.3, -0.25) is 9.78 Å². The third-order valence-electron chi connectivity index (χ3n) is 3.53. The van der Waals surface area contributed by atoms with Gasteiger partial charge >= 0.3 is 0 Å². The van der Waals surface area contributed by atoms with Gasteiger partial charge in [-0.05, 0) is 47.0 Å². The maximum absolute atomic E-state index is 12.5. The van der Waals surface area contributed by atoms with Crippen molar-refractivity contribution in [3.63, 3.8) is 0 Å². The van der Waals surface area contributed by atoms with Crippen molar-refractivity contribution in [2.45, 2.75) is 18.4 Å². The van der Waals surface area contributed by atoms with Crippen molar-refractivity contribution in [2.24, 2.45) is 0 Å². The summed E-state index contributed by atoms with van der Waals surface area (Å²) in [5, 5.41) is 7.12. The van der Waals surface area contributed by atoms with Gasteiger partial charge in [0.05, 0.1) is 11.3 Å². The minimum absolute atomic E-state index is 0.0413. The van der Waals surface area contributed by atoms with Crippen LogP contribution in [0.3, 0.4) is 0 Å². The molecular formula is C19H18N2OS2. The van der Waals surface area contributed by atoms with E-state index in [1.54, 1.807) is 29.3 Å². The molecule has 0 unspecified atom stereocenters. The molecule has 0 saturated heterocycles. The highest BCUT2D eigenvalue weighted by Crippen LogP contribution is 2.23. The van der Waals surface area contributed by atoms with Crippen LogP contribution in [0.15, 0.2) is 64.3 Å². The SMILES string of the molecule is CCSc1ccccc1C(=O)NCc1ccnc(-c2ccsc2)c1. The monoisotopic (exact) mass is 354 g/mol. The molecule has 0 spiro atoms. The van der Waals surface area contributed by atoms with E-state index in [1.807, 2.05) is 47.8 Å². The number of benzene rings is 1. The highest BCUT2D eigenvalue weighted by Gasteiger charge is 2.10. The van der Waals surface area contributed by atoms with Gasteiger partial charge in [-0.15, -0.1) is 11.8 Å². The fraction of sp³-hybridized carbons (Fsp3) is 0.158. The minimum atomic E-state index is -0.0413. The topological polar surface area (TPSA) is 42.0 Å². The summed E-state index contributed by atoms with van der Waals surface area (Å²) in [5.74, 6) is 0.902. The van der Waals surface area contributed by atoms with Crippen LogP contribution < -0.4 is 5.32 Å². The predicted octanol–water partition coefficient (Wildman–Crippen LogP) is 4.85. The molecule has 0 fully saturated rings. The Morgan fingerprint density at radius 3 is 2.92 bits per heavy atom. The van der Waals surface area contributed by atoms with Crippen molar-refractivity contribution in [3.8, 4) is 11.3 Å². The average molecular weight is 355 g/mol. The molecule has 1 N–H and O–H groups in total. The van der Waals surface area contributed by atoms with Gasteiger partial charge in [-0.25, -0.2) is 0 Å². The molecule has 0 atom stereocenters. The van der Waals surface area contributed by atoms with Crippen molar-refractivity contribution in [1.82, 2.24) is 10.3 Å². The van der Waals surface area contributed by atoms with Gasteiger partial charge < -0.3 is 5.32 Å². The molecule has 3 rings (SSSR count). The average Bonchev–Trinajstić information content (AvgIpc) is 3.15. The summed E-state index contributed by atoms with van der Waals surface area (Å²) in [6.07, 6.45) is 1.79. The first-order valence-electron chi connectivity index (χ1n) is 7.75. The molecular weight excluding hydrogens is 336 g/mol. The number of pyridine rings is 1. The number of nitrogens with zero attached hydrogens (tertiary/aromatic N) is 1. The van der Waals surface area contributed by atoms with Crippen LogP contribution in [0, 0.1) is 0 Å². The van der Waals surface area contributed by atoms with Crippen molar-refractivity contribution in [2.75, 3.05) is 5.75 Å². The summed E-state index contributed by atoms with van der Waals surface area (Å²) in [7, 11) is 0. The Balaban J connectivity index is 1.70. The van der Waals surface area contributed by atoms with Crippen LogP contribution in [0.25, 0.3) is 11.3 Å². The van der Waals surface area contributed by atoms with Crippen LogP contribution >= 0.6 is 23.1 Å². The maximum atomic E-state index is 12.5. The molecule has 1 aromatic carbocycles. The van der Waals surface area contributed by atoms with Gasteiger partial charge in [-0.2, -0.15) is 11.3 Å². The van der Waals surface area contributed by atoms with Crippen LogP contribution in [-0.4, -0.2) is 16.6 Å². The molecule has 0 aliphatic carbocycles. The molecule has 2 aromatic heterocycles. The number of thiophene rings is 1. The van der Waals surface area contributed by atoms with Crippen LogP contribution in [0.4, 0.5) is 0 Å². The van der Waals surface area contributed by atoms with Gasteiger partial charge in [0.1, 0.15) is 0 Å². The zero-order valence-corrected chi connectivity index (χ0v) is 15.0. The molecule has 3 nitrogen and oxygen atoms in total. The number of amides is 1. The normalized spacial score (nSPS) is 10.5. The van der Waals surface area contributed by atoms with Crippen LogP contribution in [0.5, 0.6) is 0 Å². The Morgan fingerprint density at radius 2 is 2.12 bits per heavy atom. The Labute approximate surface area is 150 Å². The number of rotatable bonds is 6. The molecule has 24 heavy (non-hydrogen) atoms. The van der Waals surface area contributed by atoms with Crippen molar-refractivity contribution >= 4 is 29.0 Å². The number of carbonyl (C=O) groups excluding carboxylic acids is 1. The second-order valence-corrected chi connectivity index (χ2v) is 7.26. The lowest BCUT2D eigenvalue weighted by molar-refractivity contribution is 0.0948. The minimum Gasteiger partial charge on any atom is -0.348 e. The standard InChI is InChI=1S/C19H18N2OS2/c1-2-24-18-6-4-3-5-16(18)19(22)21-12-14-7-9-20-17(11-14)15-8-10-23-13-15/h3-11,13H,2,12H2,1H3,(H,21,22). The van der Waals surface area contributed by atoms with Gasteiger partial charge in [-0.1, -0.05) is 19.1 Å². The molecule has 122 valence electrons. The van der Waals surface area contributed by atoms with Gasteiger partial charge in [0.2, 0.25) is 0 Å². The summed E-state index contributed by atoms with van der Waals surface area (Å²) < 4.78 is 0. The molecule has 0 saturated carbocycles. The van der Waals surface area contributed by atoms with Gasteiger partial charge in [0.15, 0.2) is 0 Å². The molecule has 5 heteroatoms. The quantitative estimate of drug-likeness (QED) is 0.643. The third-order valence-corrected chi connectivity index (χ3v) is 5.16. The second kappa shape index (κ2) is 8.13. The number of hydrogen-bond donors (Lipinski definition) is 1. The van der Waals surface area contributed by atoms with E-state index in [-0.39, 0.29) is 5.91 Å². The van der Waals surface area contributed by atoms with Crippen LogP contribution in [-0.2, 0) is 6.54 Å². The third kappa shape index (κ3) is 4.04.